The highest BCUT2D eigenvalue weighted by Gasteiger charge is 2.09. The number of aromatic nitrogens is 2. The van der Waals surface area contributed by atoms with Crippen LogP contribution in [0.15, 0.2) is 35.7 Å². The summed E-state index contributed by atoms with van der Waals surface area (Å²) in [5.74, 6) is 1.15. The SMILES string of the molecule is CNc1nc(OCc2ccc(Cl)cc2)c2ccsc2n1. The van der Waals surface area contributed by atoms with Crippen LogP contribution >= 0.6 is 22.9 Å². The third-order valence-corrected chi connectivity index (χ3v) is 3.86. The van der Waals surface area contributed by atoms with Gasteiger partial charge in [0.2, 0.25) is 11.8 Å². The number of hydrogen-bond donors (Lipinski definition) is 1. The van der Waals surface area contributed by atoms with Crippen LogP contribution < -0.4 is 10.1 Å². The van der Waals surface area contributed by atoms with Crippen molar-refractivity contribution in [1.29, 1.82) is 0 Å². The van der Waals surface area contributed by atoms with Gasteiger partial charge in [-0.1, -0.05) is 23.7 Å². The van der Waals surface area contributed by atoms with Gasteiger partial charge < -0.3 is 10.1 Å². The van der Waals surface area contributed by atoms with E-state index in [0.717, 1.165) is 15.8 Å². The molecule has 0 saturated heterocycles. The number of fused-ring (bicyclic) bond motifs is 1. The molecule has 0 saturated carbocycles. The molecule has 1 N–H and O–H groups in total. The topological polar surface area (TPSA) is 47.0 Å². The molecule has 0 aliphatic rings. The van der Waals surface area contributed by atoms with Gasteiger partial charge in [0.1, 0.15) is 11.4 Å². The lowest BCUT2D eigenvalue weighted by Gasteiger charge is -2.08. The van der Waals surface area contributed by atoms with Crippen molar-refractivity contribution in [2.75, 3.05) is 12.4 Å². The van der Waals surface area contributed by atoms with Gasteiger partial charge in [-0.3, -0.25) is 0 Å². The molecular weight excluding hydrogens is 294 g/mol. The summed E-state index contributed by atoms with van der Waals surface area (Å²) in [6.07, 6.45) is 0. The Morgan fingerprint density at radius 1 is 1.20 bits per heavy atom. The van der Waals surface area contributed by atoms with Crippen molar-refractivity contribution >= 4 is 39.1 Å². The van der Waals surface area contributed by atoms with E-state index in [1.165, 1.54) is 0 Å². The van der Waals surface area contributed by atoms with Gasteiger partial charge in [-0.25, -0.2) is 4.98 Å². The lowest BCUT2D eigenvalue weighted by Crippen LogP contribution is -2.01. The van der Waals surface area contributed by atoms with Crippen molar-refractivity contribution in [1.82, 2.24) is 9.97 Å². The number of benzene rings is 1. The molecule has 0 bridgehead atoms. The van der Waals surface area contributed by atoms with E-state index in [0.29, 0.717) is 23.5 Å². The fourth-order valence-electron chi connectivity index (χ4n) is 1.78. The van der Waals surface area contributed by atoms with Crippen LogP contribution in [0.5, 0.6) is 5.88 Å². The van der Waals surface area contributed by atoms with Crippen molar-refractivity contribution in [3.8, 4) is 5.88 Å². The number of nitrogens with one attached hydrogen (secondary N) is 1. The Bertz CT molecular complexity index is 727. The zero-order valence-corrected chi connectivity index (χ0v) is 12.3. The van der Waals surface area contributed by atoms with Gasteiger partial charge in [0.05, 0.1) is 5.39 Å². The molecule has 3 rings (SSSR count). The Hall–Kier alpha value is -1.85. The molecule has 0 atom stereocenters. The number of rotatable bonds is 4. The Morgan fingerprint density at radius 3 is 2.75 bits per heavy atom. The molecule has 1 aromatic carbocycles. The summed E-state index contributed by atoms with van der Waals surface area (Å²) in [6, 6.07) is 9.54. The maximum atomic E-state index is 5.86. The smallest absolute Gasteiger partial charge is 0.227 e. The lowest BCUT2D eigenvalue weighted by molar-refractivity contribution is 0.298. The number of ether oxygens (including phenoxy) is 1. The fraction of sp³-hybridized carbons (Fsp3) is 0.143. The fourth-order valence-corrected chi connectivity index (χ4v) is 2.66. The highest BCUT2D eigenvalue weighted by atomic mass is 35.5. The molecule has 20 heavy (non-hydrogen) atoms. The van der Waals surface area contributed by atoms with Crippen LogP contribution in [0.4, 0.5) is 5.95 Å². The van der Waals surface area contributed by atoms with E-state index in [4.69, 9.17) is 16.3 Å². The van der Waals surface area contributed by atoms with Gasteiger partial charge in [-0.05, 0) is 29.1 Å². The summed E-state index contributed by atoms with van der Waals surface area (Å²) in [6.45, 7) is 0.447. The van der Waals surface area contributed by atoms with E-state index in [1.54, 1.807) is 18.4 Å². The summed E-state index contributed by atoms with van der Waals surface area (Å²) >= 11 is 7.43. The summed E-state index contributed by atoms with van der Waals surface area (Å²) < 4.78 is 5.82. The third kappa shape index (κ3) is 2.69. The van der Waals surface area contributed by atoms with Gasteiger partial charge in [-0.15, -0.1) is 11.3 Å². The zero-order chi connectivity index (χ0) is 13.9. The molecule has 0 radical (unpaired) electrons. The van der Waals surface area contributed by atoms with Crippen molar-refractivity contribution in [2.24, 2.45) is 0 Å². The van der Waals surface area contributed by atoms with Crippen LogP contribution in [0.3, 0.4) is 0 Å². The minimum atomic E-state index is 0.447. The van der Waals surface area contributed by atoms with E-state index in [-0.39, 0.29) is 0 Å². The number of nitrogens with zero attached hydrogens (tertiary/aromatic N) is 2. The maximum absolute atomic E-state index is 5.86. The summed E-state index contributed by atoms with van der Waals surface area (Å²) in [5, 5.41) is 6.57. The lowest BCUT2D eigenvalue weighted by atomic mass is 10.2. The number of anilines is 1. The average molecular weight is 306 g/mol. The standard InChI is InChI=1S/C14H12ClN3OS/c1-16-14-17-12(11-6-7-20-13(11)18-14)19-8-9-2-4-10(15)5-3-9/h2-7H,8H2,1H3,(H,16,17,18). The molecular formula is C14H12ClN3OS. The van der Waals surface area contributed by atoms with Crippen molar-refractivity contribution < 1.29 is 4.74 Å². The Kier molecular flexibility index (Phi) is 3.71. The predicted octanol–water partition coefficient (Wildman–Crippen LogP) is 3.97. The molecule has 102 valence electrons. The first-order valence-electron chi connectivity index (χ1n) is 6.06. The number of halogens is 1. The first kappa shape index (κ1) is 13.1. The molecule has 0 unspecified atom stereocenters. The molecule has 0 aliphatic heterocycles. The van der Waals surface area contributed by atoms with Crippen molar-refractivity contribution in [3.63, 3.8) is 0 Å². The molecule has 0 aliphatic carbocycles. The van der Waals surface area contributed by atoms with Gasteiger partial charge >= 0.3 is 0 Å². The maximum Gasteiger partial charge on any atom is 0.227 e. The van der Waals surface area contributed by atoms with Gasteiger partial charge in [-0.2, -0.15) is 4.98 Å². The molecule has 4 nitrogen and oxygen atoms in total. The highest BCUT2D eigenvalue weighted by Crippen LogP contribution is 2.28. The van der Waals surface area contributed by atoms with E-state index >= 15 is 0 Å². The molecule has 0 amide bonds. The second kappa shape index (κ2) is 5.64. The number of thiophene rings is 1. The van der Waals surface area contributed by atoms with Crippen LogP contribution in [0.1, 0.15) is 5.56 Å². The largest absolute Gasteiger partial charge is 0.472 e. The van der Waals surface area contributed by atoms with Crippen LogP contribution in [0.2, 0.25) is 5.02 Å². The second-order valence-corrected chi connectivity index (χ2v) is 5.49. The quantitative estimate of drug-likeness (QED) is 0.792. The van der Waals surface area contributed by atoms with Gasteiger partial charge in [0.15, 0.2) is 0 Å². The Labute approximate surface area is 125 Å². The van der Waals surface area contributed by atoms with E-state index in [9.17, 15) is 0 Å². The minimum Gasteiger partial charge on any atom is -0.472 e. The van der Waals surface area contributed by atoms with Gasteiger partial charge in [0, 0.05) is 12.1 Å². The normalized spacial score (nSPS) is 10.7. The Balaban J connectivity index is 1.86. The molecule has 3 aromatic rings. The molecule has 2 heterocycles. The predicted molar refractivity (Wildman–Crippen MR) is 82.7 cm³/mol. The minimum absolute atomic E-state index is 0.447. The first-order valence-corrected chi connectivity index (χ1v) is 7.32. The van der Waals surface area contributed by atoms with Crippen LogP contribution in [0.25, 0.3) is 10.2 Å². The first-order chi connectivity index (χ1) is 9.76. The monoisotopic (exact) mass is 305 g/mol. The van der Waals surface area contributed by atoms with E-state index < -0.39 is 0 Å². The zero-order valence-electron chi connectivity index (χ0n) is 10.8. The highest BCUT2D eigenvalue weighted by molar-refractivity contribution is 7.16. The summed E-state index contributed by atoms with van der Waals surface area (Å²) in [7, 11) is 1.79. The van der Waals surface area contributed by atoms with Gasteiger partial charge in [0.25, 0.3) is 0 Å². The summed E-state index contributed by atoms with van der Waals surface area (Å²) in [5.41, 5.74) is 1.04. The van der Waals surface area contributed by atoms with Crippen molar-refractivity contribution in [2.45, 2.75) is 6.61 Å². The number of hydrogen-bond acceptors (Lipinski definition) is 5. The van der Waals surface area contributed by atoms with Crippen molar-refractivity contribution in [3.05, 3.63) is 46.3 Å². The van der Waals surface area contributed by atoms with Crippen LogP contribution in [-0.4, -0.2) is 17.0 Å². The van der Waals surface area contributed by atoms with E-state index in [1.807, 2.05) is 35.7 Å². The molecule has 6 heteroatoms. The van der Waals surface area contributed by atoms with E-state index in [2.05, 4.69) is 15.3 Å². The van der Waals surface area contributed by atoms with Crippen LogP contribution in [-0.2, 0) is 6.61 Å². The average Bonchev–Trinajstić information content (AvgIpc) is 2.94. The summed E-state index contributed by atoms with van der Waals surface area (Å²) in [4.78, 5) is 9.65. The molecule has 2 aromatic heterocycles. The molecule has 0 spiro atoms. The third-order valence-electron chi connectivity index (χ3n) is 2.80. The van der Waals surface area contributed by atoms with Crippen LogP contribution in [0, 0.1) is 0 Å². The molecule has 0 fully saturated rings. The Morgan fingerprint density at radius 2 is 2.00 bits per heavy atom. The second-order valence-electron chi connectivity index (χ2n) is 4.16.